The van der Waals surface area contributed by atoms with Crippen LogP contribution in [0.3, 0.4) is 0 Å². The molecule has 0 aliphatic rings. The summed E-state index contributed by atoms with van der Waals surface area (Å²) in [6.07, 6.45) is 0. The number of rotatable bonds is 5. The number of para-hydroxylation sites is 1. The van der Waals surface area contributed by atoms with Crippen molar-refractivity contribution in [2.75, 3.05) is 14.2 Å². The Morgan fingerprint density at radius 2 is 1.50 bits per heavy atom. The van der Waals surface area contributed by atoms with Crippen LogP contribution in [-0.2, 0) is 0 Å². The zero-order valence-corrected chi connectivity index (χ0v) is 12.7. The Kier molecular flexibility index (Phi) is 4.80. The van der Waals surface area contributed by atoms with E-state index in [2.05, 4.69) is 49.5 Å². The van der Waals surface area contributed by atoms with Crippen molar-refractivity contribution in [3.63, 3.8) is 0 Å². The maximum absolute atomic E-state index is 5.47. The number of hydrogen-bond donors (Lipinski definition) is 1. The van der Waals surface area contributed by atoms with E-state index >= 15 is 0 Å². The van der Waals surface area contributed by atoms with Crippen LogP contribution < -0.4 is 10.1 Å². The summed E-state index contributed by atoms with van der Waals surface area (Å²) in [5.74, 6) is 1.48. The predicted octanol–water partition coefficient (Wildman–Crippen LogP) is 4.13. The first-order chi connectivity index (χ1) is 9.67. The predicted molar refractivity (Wildman–Crippen MR) is 84.4 cm³/mol. The van der Waals surface area contributed by atoms with Crippen molar-refractivity contribution in [3.8, 4) is 5.75 Å². The molecule has 0 aliphatic carbocycles. The molecule has 0 bridgehead atoms. The molecule has 2 aromatic rings. The molecule has 2 heteroatoms. The normalized spacial score (nSPS) is 12.4. The van der Waals surface area contributed by atoms with Gasteiger partial charge < -0.3 is 10.1 Å². The summed E-state index contributed by atoms with van der Waals surface area (Å²) >= 11 is 0. The lowest BCUT2D eigenvalue weighted by atomic mass is 9.95. The van der Waals surface area contributed by atoms with Gasteiger partial charge in [-0.3, -0.25) is 0 Å². The quantitative estimate of drug-likeness (QED) is 0.881. The molecule has 2 nitrogen and oxygen atoms in total. The Hall–Kier alpha value is -1.80. The Balaban J connectivity index is 2.36. The van der Waals surface area contributed by atoms with Crippen LogP contribution in [0.5, 0.6) is 5.75 Å². The number of benzene rings is 2. The Morgan fingerprint density at radius 1 is 0.900 bits per heavy atom. The van der Waals surface area contributed by atoms with Gasteiger partial charge in [0.2, 0.25) is 0 Å². The van der Waals surface area contributed by atoms with E-state index in [1.165, 1.54) is 11.1 Å². The molecule has 0 heterocycles. The summed E-state index contributed by atoms with van der Waals surface area (Å²) in [6, 6.07) is 17.1. The number of hydrogen-bond acceptors (Lipinski definition) is 2. The largest absolute Gasteiger partial charge is 0.496 e. The van der Waals surface area contributed by atoms with Crippen LogP contribution in [0.1, 0.15) is 42.5 Å². The summed E-state index contributed by atoms with van der Waals surface area (Å²) in [6.45, 7) is 4.43. The first kappa shape index (κ1) is 14.6. The van der Waals surface area contributed by atoms with Gasteiger partial charge >= 0.3 is 0 Å². The zero-order chi connectivity index (χ0) is 14.5. The molecule has 0 aromatic heterocycles. The molecule has 2 rings (SSSR count). The lowest BCUT2D eigenvalue weighted by Gasteiger charge is -2.20. The average Bonchev–Trinajstić information content (AvgIpc) is 2.49. The molecular formula is C18H23NO. The molecule has 106 valence electrons. The van der Waals surface area contributed by atoms with Crippen molar-refractivity contribution in [2.45, 2.75) is 25.8 Å². The monoisotopic (exact) mass is 269 g/mol. The third-order valence-corrected chi connectivity index (χ3v) is 3.68. The molecule has 1 N–H and O–H groups in total. The molecule has 1 atom stereocenters. The van der Waals surface area contributed by atoms with Crippen LogP contribution in [0.15, 0.2) is 48.5 Å². The highest BCUT2D eigenvalue weighted by Gasteiger charge is 2.16. The van der Waals surface area contributed by atoms with E-state index < -0.39 is 0 Å². The fraction of sp³-hybridized carbons (Fsp3) is 0.333. The number of nitrogens with one attached hydrogen (secondary N) is 1. The molecule has 0 saturated heterocycles. The summed E-state index contributed by atoms with van der Waals surface area (Å²) in [5, 5.41) is 3.38. The van der Waals surface area contributed by atoms with Crippen molar-refractivity contribution in [3.05, 3.63) is 65.2 Å². The Bertz CT molecular complexity index is 546. The number of ether oxygens (including phenoxy) is 1. The van der Waals surface area contributed by atoms with Crippen LogP contribution in [0.25, 0.3) is 0 Å². The van der Waals surface area contributed by atoms with Crippen molar-refractivity contribution in [1.82, 2.24) is 5.32 Å². The summed E-state index contributed by atoms with van der Waals surface area (Å²) < 4.78 is 5.47. The van der Waals surface area contributed by atoms with Gasteiger partial charge in [-0.1, -0.05) is 56.3 Å². The summed E-state index contributed by atoms with van der Waals surface area (Å²) in [7, 11) is 3.70. The lowest BCUT2D eigenvalue weighted by Crippen LogP contribution is -2.18. The van der Waals surface area contributed by atoms with Crippen LogP contribution in [-0.4, -0.2) is 14.2 Å². The smallest absolute Gasteiger partial charge is 0.123 e. The van der Waals surface area contributed by atoms with Crippen LogP contribution >= 0.6 is 0 Å². The van der Waals surface area contributed by atoms with Crippen molar-refractivity contribution >= 4 is 0 Å². The maximum atomic E-state index is 5.47. The molecule has 0 spiro atoms. The van der Waals surface area contributed by atoms with Gasteiger partial charge in [-0.25, -0.2) is 0 Å². The average molecular weight is 269 g/mol. The van der Waals surface area contributed by atoms with E-state index in [-0.39, 0.29) is 6.04 Å². The fourth-order valence-electron chi connectivity index (χ4n) is 2.48. The third kappa shape index (κ3) is 3.02. The van der Waals surface area contributed by atoms with Crippen molar-refractivity contribution < 1.29 is 4.74 Å². The standard InChI is InChI=1S/C18H23NO/c1-13(2)14-9-11-15(12-10-14)18(19-3)16-7-5-6-8-17(16)20-4/h5-13,18-19H,1-4H3. The second kappa shape index (κ2) is 6.58. The van der Waals surface area contributed by atoms with E-state index in [4.69, 9.17) is 4.74 Å². The van der Waals surface area contributed by atoms with E-state index in [1.54, 1.807) is 7.11 Å². The molecule has 0 amide bonds. The second-order valence-electron chi connectivity index (χ2n) is 5.29. The van der Waals surface area contributed by atoms with Crippen LogP contribution in [0, 0.1) is 0 Å². The van der Waals surface area contributed by atoms with Gasteiger partial charge in [0.1, 0.15) is 5.75 Å². The highest BCUT2D eigenvalue weighted by molar-refractivity contribution is 5.42. The van der Waals surface area contributed by atoms with Gasteiger partial charge in [-0.05, 0) is 30.2 Å². The summed E-state index contributed by atoms with van der Waals surface area (Å²) in [5.41, 5.74) is 3.78. The highest BCUT2D eigenvalue weighted by Crippen LogP contribution is 2.30. The van der Waals surface area contributed by atoms with Crippen LogP contribution in [0.4, 0.5) is 0 Å². The summed E-state index contributed by atoms with van der Waals surface area (Å²) in [4.78, 5) is 0. The van der Waals surface area contributed by atoms with Crippen molar-refractivity contribution in [2.24, 2.45) is 0 Å². The fourth-order valence-corrected chi connectivity index (χ4v) is 2.48. The van der Waals surface area contributed by atoms with Gasteiger partial charge in [-0.15, -0.1) is 0 Å². The van der Waals surface area contributed by atoms with Crippen LogP contribution in [0.2, 0.25) is 0 Å². The Labute approximate surface area is 121 Å². The van der Waals surface area contributed by atoms with E-state index in [0.717, 1.165) is 11.3 Å². The third-order valence-electron chi connectivity index (χ3n) is 3.68. The van der Waals surface area contributed by atoms with E-state index in [0.29, 0.717) is 5.92 Å². The lowest BCUT2D eigenvalue weighted by molar-refractivity contribution is 0.405. The molecule has 2 aromatic carbocycles. The SMILES string of the molecule is CNC(c1ccc(C(C)C)cc1)c1ccccc1OC. The van der Waals surface area contributed by atoms with Gasteiger partial charge in [0.05, 0.1) is 13.2 Å². The molecule has 0 radical (unpaired) electrons. The van der Waals surface area contributed by atoms with E-state index in [9.17, 15) is 0 Å². The number of methoxy groups -OCH3 is 1. The molecule has 0 fully saturated rings. The molecule has 1 unspecified atom stereocenters. The molecule has 20 heavy (non-hydrogen) atoms. The second-order valence-corrected chi connectivity index (χ2v) is 5.29. The molecule has 0 aliphatic heterocycles. The maximum Gasteiger partial charge on any atom is 0.123 e. The van der Waals surface area contributed by atoms with Gasteiger partial charge in [0.25, 0.3) is 0 Å². The minimum absolute atomic E-state index is 0.146. The topological polar surface area (TPSA) is 21.3 Å². The van der Waals surface area contributed by atoms with Crippen molar-refractivity contribution in [1.29, 1.82) is 0 Å². The minimum atomic E-state index is 0.146. The zero-order valence-electron chi connectivity index (χ0n) is 12.7. The van der Waals surface area contributed by atoms with E-state index in [1.807, 2.05) is 25.2 Å². The Morgan fingerprint density at radius 3 is 2.05 bits per heavy atom. The molecule has 0 saturated carbocycles. The van der Waals surface area contributed by atoms with Gasteiger partial charge in [-0.2, -0.15) is 0 Å². The molecular weight excluding hydrogens is 246 g/mol. The van der Waals surface area contributed by atoms with Gasteiger partial charge in [0.15, 0.2) is 0 Å². The van der Waals surface area contributed by atoms with Gasteiger partial charge in [0, 0.05) is 5.56 Å². The minimum Gasteiger partial charge on any atom is -0.496 e. The first-order valence-corrected chi connectivity index (χ1v) is 7.07. The highest BCUT2D eigenvalue weighted by atomic mass is 16.5. The first-order valence-electron chi connectivity index (χ1n) is 7.07.